The van der Waals surface area contributed by atoms with Crippen LogP contribution < -0.4 is 0 Å². The van der Waals surface area contributed by atoms with Crippen molar-refractivity contribution in [2.75, 3.05) is 33.2 Å². The highest BCUT2D eigenvalue weighted by Gasteiger charge is 2.32. The second-order valence-corrected chi connectivity index (χ2v) is 4.85. The maximum absolute atomic E-state index is 10.9. The molecule has 0 aliphatic carbocycles. The molecule has 0 radical (unpaired) electrons. The van der Waals surface area contributed by atoms with Crippen LogP contribution in [-0.2, 0) is 4.79 Å². The average molecular weight is 212 g/mol. The Hall–Kier alpha value is -0.610. The molecule has 2 heterocycles. The van der Waals surface area contributed by atoms with Crippen molar-refractivity contribution in [1.29, 1.82) is 0 Å². The molecule has 0 bridgehead atoms. The lowest BCUT2D eigenvalue weighted by Crippen LogP contribution is -2.45. The number of rotatable bonds is 1. The molecule has 2 aliphatic heterocycles. The topological polar surface area (TPSA) is 43.8 Å². The maximum atomic E-state index is 10.9. The van der Waals surface area contributed by atoms with Gasteiger partial charge < -0.3 is 10.0 Å². The molecule has 2 saturated heterocycles. The monoisotopic (exact) mass is 212 g/mol. The van der Waals surface area contributed by atoms with E-state index in [1.54, 1.807) is 0 Å². The molecular weight excluding hydrogens is 192 g/mol. The summed E-state index contributed by atoms with van der Waals surface area (Å²) in [6.45, 7) is 4.01. The number of hydrogen-bond acceptors (Lipinski definition) is 3. The van der Waals surface area contributed by atoms with Gasteiger partial charge in [-0.1, -0.05) is 0 Å². The number of hydrogen-bond donors (Lipinski definition) is 1. The lowest BCUT2D eigenvalue weighted by atomic mass is 9.91. The summed E-state index contributed by atoms with van der Waals surface area (Å²) in [4.78, 5) is 15.7. The third-order valence-electron chi connectivity index (χ3n) is 3.78. The molecule has 0 spiro atoms. The van der Waals surface area contributed by atoms with E-state index in [9.17, 15) is 4.79 Å². The van der Waals surface area contributed by atoms with Crippen molar-refractivity contribution in [3.05, 3.63) is 0 Å². The van der Waals surface area contributed by atoms with Crippen molar-refractivity contribution in [3.8, 4) is 0 Å². The second-order valence-electron chi connectivity index (χ2n) is 4.85. The minimum atomic E-state index is -0.619. The van der Waals surface area contributed by atoms with Crippen LogP contribution in [0.1, 0.15) is 19.3 Å². The van der Waals surface area contributed by atoms with E-state index in [1.165, 1.54) is 6.42 Å². The largest absolute Gasteiger partial charge is 0.481 e. The van der Waals surface area contributed by atoms with Crippen LogP contribution in [0.4, 0.5) is 0 Å². The Morgan fingerprint density at radius 1 is 1.20 bits per heavy atom. The molecule has 2 atom stereocenters. The van der Waals surface area contributed by atoms with Crippen LogP contribution in [0, 0.1) is 5.92 Å². The van der Waals surface area contributed by atoms with Gasteiger partial charge in [0.25, 0.3) is 0 Å². The SMILES string of the molecule is CN1CCC2CCC(C(=O)O)CN2CC1. The van der Waals surface area contributed by atoms with Gasteiger partial charge in [0.05, 0.1) is 5.92 Å². The lowest BCUT2D eigenvalue weighted by molar-refractivity contribution is -0.144. The first-order valence-electron chi connectivity index (χ1n) is 5.82. The maximum Gasteiger partial charge on any atom is 0.307 e. The molecular formula is C11H20N2O2. The van der Waals surface area contributed by atoms with Gasteiger partial charge in [0.15, 0.2) is 0 Å². The Bertz CT molecular complexity index is 245. The molecule has 4 nitrogen and oxygen atoms in total. The van der Waals surface area contributed by atoms with E-state index in [2.05, 4.69) is 16.8 Å². The van der Waals surface area contributed by atoms with E-state index >= 15 is 0 Å². The van der Waals surface area contributed by atoms with Crippen LogP contribution in [-0.4, -0.2) is 60.1 Å². The van der Waals surface area contributed by atoms with Crippen molar-refractivity contribution in [2.45, 2.75) is 25.3 Å². The predicted octanol–water partition coefficient (Wildman–Crippen LogP) is 0.487. The van der Waals surface area contributed by atoms with E-state index in [1.807, 2.05) is 0 Å². The van der Waals surface area contributed by atoms with Crippen molar-refractivity contribution < 1.29 is 9.90 Å². The van der Waals surface area contributed by atoms with E-state index in [0.29, 0.717) is 6.04 Å². The number of carboxylic acids is 1. The number of likely N-dealkylation sites (N-methyl/N-ethyl adjacent to an activating group) is 1. The predicted molar refractivity (Wildman–Crippen MR) is 57.8 cm³/mol. The Balaban J connectivity index is 1.96. The summed E-state index contributed by atoms with van der Waals surface area (Å²) < 4.78 is 0. The molecule has 4 heteroatoms. The van der Waals surface area contributed by atoms with Gasteiger partial charge in [-0.05, 0) is 32.9 Å². The zero-order valence-electron chi connectivity index (χ0n) is 9.35. The summed E-state index contributed by atoms with van der Waals surface area (Å²) in [7, 11) is 2.15. The van der Waals surface area contributed by atoms with Gasteiger partial charge in [-0.15, -0.1) is 0 Å². The fourth-order valence-electron chi connectivity index (χ4n) is 2.68. The standard InChI is InChI=1S/C11H20N2O2/c1-12-5-4-10-3-2-9(11(14)15)8-13(10)7-6-12/h9-10H,2-8H2,1H3,(H,14,15). The van der Waals surface area contributed by atoms with E-state index in [0.717, 1.165) is 39.0 Å². The number of nitrogens with zero attached hydrogens (tertiary/aromatic N) is 2. The summed E-state index contributed by atoms with van der Waals surface area (Å²) in [6, 6.07) is 0.630. The number of fused-ring (bicyclic) bond motifs is 1. The highest BCUT2D eigenvalue weighted by atomic mass is 16.4. The van der Waals surface area contributed by atoms with Crippen molar-refractivity contribution >= 4 is 5.97 Å². The number of carbonyl (C=O) groups is 1. The molecule has 0 aromatic rings. The van der Waals surface area contributed by atoms with Crippen molar-refractivity contribution in [3.63, 3.8) is 0 Å². The van der Waals surface area contributed by atoms with Crippen LogP contribution >= 0.6 is 0 Å². The fourth-order valence-corrected chi connectivity index (χ4v) is 2.68. The van der Waals surface area contributed by atoms with Gasteiger partial charge >= 0.3 is 5.97 Å². The molecule has 0 aromatic carbocycles. The third-order valence-corrected chi connectivity index (χ3v) is 3.78. The highest BCUT2D eigenvalue weighted by Crippen LogP contribution is 2.25. The third kappa shape index (κ3) is 2.49. The Morgan fingerprint density at radius 3 is 2.73 bits per heavy atom. The van der Waals surface area contributed by atoms with E-state index in [4.69, 9.17) is 5.11 Å². The van der Waals surface area contributed by atoms with Crippen LogP contribution in [0.25, 0.3) is 0 Å². The molecule has 0 saturated carbocycles. The minimum Gasteiger partial charge on any atom is -0.481 e. The van der Waals surface area contributed by atoms with Gasteiger partial charge in [0, 0.05) is 25.7 Å². The molecule has 2 rings (SSSR count). The fraction of sp³-hybridized carbons (Fsp3) is 0.909. The first-order chi connectivity index (χ1) is 7.16. The van der Waals surface area contributed by atoms with Gasteiger partial charge in [-0.3, -0.25) is 9.69 Å². The Labute approximate surface area is 90.9 Å². The summed E-state index contributed by atoms with van der Waals surface area (Å²) in [5.41, 5.74) is 0. The van der Waals surface area contributed by atoms with Gasteiger partial charge in [-0.25, -0.2) is 0 Å². The summed E-state index contributed by atoms with van der Waals surface area (Å²) >= 11 is 0. The molecule has 0 aromatic heterocycles. The van der Waals surface area contributed by atoms with Crippen LogP contribution in [0.2, 0.25) is 0 Å². The highest BCUT2D eigenvalue weighted by molar-refractivity contribution is 5.70. The minimum absolute atomic E-state index is 0.135. The summed E-state index contributed by atoms with van der Waals surface area (Å²) in [5, 5.41) is 9.01. The van der Waals surface area contributed by atoms with Crippen LogP contribution in [0.3, 0.4) is 0 Å². The number of aliphatic carboxylic acids is 1. The molecule has 2 aliphatic rings. The van der Waals surface area contributed by atoms with Crippen molar-refractivity contribution in [1.82, 2.24) is 9.80 Å². The number of carboxylic acid groups (broad SMARTS) is 1. The summed E-state index contributed by atoms with van der Waals surface area (Å²) in [6.07, 6.45) is 3.12. The van der Waals surface area contributed by atoms with Crippen LogP contribution in [0.15, 0.2) is 0 Å². The second kappa shape index (κ2) is 4.49. The zero-order valence-corrected chi connectivity index (χ0v) is 9.35. The molecule has 0 amide bonds. The Morgan fingerprint density at radius 2 is 2.00 bits per heavy atom. The van der Waals surface area contributed by atoms with E-state index < -0.39 is 5.97 Å². The van der Waals surface area contributed by atoms with Crippen molar-refractivity contribution in [2.24, 2.45) is 5.92 Å². The van der Waals surface area contributed by atoms with Gasteiger partial charge in [-0.2, -0.15) is 0 Å². The Kier molecular flexibility index (Phi) is 3.26. The molecule has 2 fully saturated rings. The summed E-state index contributed by atoms with van der Waals surface area (Å²) in [5.74, 6) is -0.754. The molecule has 2 unspecified atom stereocenters. The van der Waals surface area contributed by atoms with E-state index in [-0.39, 0.29) is 5.92 Å². The number of piperidine rings is 1. The van der Waals surface area contributed by atoms with Gasteiger partial charge in [0.2, 0.25) is 0 Å². The first kappa shape index (κ1) is 10.9. The molecule has 1 N–H and O–H groups in total. The zero-order chi connectivity index (χ0) is 10.8. The van der Waals surface area contributed by atoms with Crippen LogP contribution in [0.5, 0.6) is 0 Å². The first-order valence-corrected chi connectivity index (χ1v) is 5.82. The molecule has 86 valence electrons. The average Bonchev–Trinajstić information content (AvgIpc) is 2.40. The molecule has 15 heavy (non-hydrogen) atoms. The smallest absolute Gasteiger partial charge is 0.307 e. The van der Waals surface area contributed by atoms with Gasteiger partial charge in [0.1, 0.15) is 0 Å². The lowest BCUT2D eigenvalue weighted by Gasteiger charge is -2.36. The normalized spacial score (nSPS) is 34.5. The quantitative estimate of drug-likeness (QED) is 0.687.